The molecule has 4 aromatic rings. The molecule has 0 saturated heterocycles. The third-order valence-electron chi connectivity index (χ3n) is 4.53. The van der Waals surface area contributed by atoms with Crippen molar-refractivity contribution in [2.45, 2.75) is 26.3 Å². The van der Waals surface area contributed by atoms with E-state index in [1.807, 2.05) is 48.5 Å². The number of benzene rings is 2. The number of aromatic nitrogens is 3. The average Bonchev–Trinajstić information content (AvgIpc) is 2.95. The minimum atomic E-state index is -0.475. The Morgan fingerprint density at radius 2 is 1.62 bits per heavy atom. The smallest absolute Gasteiger partial charge is 0.163 e. The maximum absolute atomic E-state index is 11.6. The molecular weight excluding hydrogens is 338 g/mol. The molecule has 2 heterocycles. The van der Waals surface area contributed by atoms with Crippen molar-refractivity contribution in [2.24, 2.45) is 0 Å². The van der Waals surface area contributed by atoms with Gasteiger partial charge in [-0.3, -0.25) is 4.79 Å². The highest BCUT2D eigenvalue weighted by Crippen LogP contribution is 2.21. The van der Waals surface area contributed by atoms with Gasteiger partial charge < -0.3 is 4.57 Å². The third-order valence-corrected chi connectivity index (χ3v) is 6.28. The zero-order valence-electron chi connectivity index (χ0n) is 15.2. The van der Waals surface area contributed by atoms with Gasteiger partial charge in [0.2, 0.25) is 0 Å². The summed E-state index contributed by atoms with van der Waals surface area (Å²) in [5.41, 5.74) is 6.07. The topological polar surface area (TPSA) is 47.8 Å². The van der Waals surface area contributed by atoms with Gasteiger partial charge in [-0.05, 0) is 49.4 Å². The molecule has 130 valence electrons. The lowest BCUT2D eigenvalue weighted by Gasteiger charge is -2.12. The highest BCUT2D eigenvalue weighted by atomic mass is 28.2. The second kappa shape index (κ2) is 6.50. The van der Waals surface area contributed by atoms with E-state index < -0.39 is 9.52 Å². The summed E-state index contributed by atoms with van der Waals surface area (Å²) in [5, 5.41) is 1.32. The molecule has 4 rings (SSSR count). The van der Waals surface area contributed by atoms with Gasteiger partial charge >= 0.3 is 0 Å². The van der Waals surface area contributed by atoms with Crippen molar-refractivity contribution in [3.05, 3.63) is 60.2 Å². The molecule has 4 nitrogen and oxygen atoms in total. The van der Waals surface area contributed by atoms with Crippen molar-refractivity contribution < 1.29 is 4.79 Å². The Kier molecular flexibility index (Phi) is 4.16. The van der Waals surface area contributed by atoms with Crippen LogP contribution in [0.25, 0.3) is 27.9 Å². The fraction of sp³-hybridized carbons (Fsp3) is 0.190. The second-order valence-electron chi connectivity index (χ2n) is 7.09. The fourth-order valence-corrected chi connectivity index (χ4v) is 4.99. The lowest BCUT2D eigenvalue weighted by molar-refractivity contribution is 0.101. The molecule has 0 unspecified atom stereocenters. The molecule has 0 saturated carbocycles. The monoisotopic (exact) mass is 359 g/mol. The summed E-state index contributed by atoms with van der Waals surface area (Å²) < 4.78 is 2.23. The van der Waals surface area contributed by atoms with Crippen molar-refractivity contribution in [1.29, 1.82) is 0 Å². The first-order valence-electron chi connectivity index (χ1n) is 8.91. The highest BCUT2D eigenvalue weighted by Gasteiger charge is 2.15. The van der Waals surface area contributed by atoms with Crippen molar-refractivity contribution in [1.82, 2.24) is 14.5 Å². The van der Waals surface area contributed by atoms with E-state index in [4.69, 9.17) is 9.97 Å². The molecule has 0 aliphatic carbocycles. The first kappa shape index (κ1) is 16.7. The summed E-state index contributed by atoms with van der Waals surface area (Å²) in [6.45, 7) is 6.13. The molecule has 2 aromatic heterocycles. The lowest BCUT2D eigenvalue weighted by Crippen LogP contribution is -2.25. The number of hydrogen-bond acceptors (Lipinski definition) is 3. The molecule has 0 fully saturated rings. The van der Waals surface area contributed by atoms with Crippen molar-refractivity contribution in [3.8, 4) is 5.69 Å². The van der Waals surface area contributed by atoms with Gasteiger partial charge in [0.15, 0.2) is 11.4 Å². The predicted molar refractivity (Wildman–Crippen MR) is 110 cm³/mol. The number of para-hydroxylation sites is 2. The van der Waals surface area contributed by atoms with E-state index in [-0.39, 0.29) is 5.78 Å². The largest absolute Gasteiger partial charge is 0.302 e. The van der Waals surface area contributed by atoms with Gasteiger partial charge in [-0.1, -0.05) is 31.5 Å². The maximum Gasteiger partial charge on any atom is 0.163 e. The van der Waals surface area contributed by atoms with Crippen LogP contribution < -0.4 is 5.32 Å². The summed E-state index contributed by atoms with van der Waals surface area (Å²) >= 11 is 0. The number of rotatable bonds is 4. The van der Waals surface area contributed by atoms with Crippen LogP contribution in [-0.4, -0.2) is 29.8 Å². The number of carbonyl (C=O) groups is 1. The molecule has 0 atom stereocenters. The maximum atomic E-state index is 11.6. The number of hydrogen-bond donors (Lipinski definition) is 0. The van der Waals surface area contributed by atoms with Gasteiger partial charge in [-0.25, -0.2) is 9.97 Å². The predicted octanol–water partition coefficient (Wildman–Crippen LogP) is 3.40. The van der Waals surface area contributed by atoms with Gasteiger partial charge in [0.1, 0.15) is 5.52 Å². The molecular formula is C21H21N3OSi. The van der Waals surface area contributed by atoms with E-state index in [0.29, 0.717) is 5.54 Å². The summed E-state index contributed by atoms with van der Waals surface area (Å²) in [4.78, 5) is 21.3. The van der Waals surface area contributed by atoms with Crippen molar-refractivity contribution in [2.75, 3.05) is 0 Å². The zero-order chi connectivity index (χ0) is 18.3. The number of ketones is 1. The summed E-state index contributed by atoms with van der Waals surface area (Å²) in [5.74, 6) is 0.0801. The minimum Gasteiger partial charge on any atom is -0.302 e. The van der Waals surface area contributed by atoms with E-state index in [1.54, 1.807) is 6.92 Å². The van der Waals surface area contributed by atoms with Gasteiger partial charge in [0.05, 0.1) is 20.6 Å². The first-order valence-corrected chi connectivity index (χ1v) is 10.4. The van der Waals surface area contributed by atoms with Gasteiger partial charge in [0, 0.05) is 16.6 Å². The van der Waals surface area contributed by atoms with E-state index >= 15 is 0 Å². The van der Waals surface area contributed by atoms with Crippen LogP contribution in [-0.2, 0) is 0 Å². The van der Waals surface area contributed by atoms with Crippen LogP contribution in [0.4, 0.5) is 0 Å². The number of Topliss-reactive ketones (excluding diaryl/α,β-unsaturated/α-hetero) is 1. The molecule has 0 N–H and O–H groups in total. The van der Waals surface area contributed by atoms with Crippen LogP contribution in [0.1, 0.15) is 31.1 Å². The molecule has 0 amide bonds. The molecule has 26 heavy (non-hydrogen) atoms. The van der Waals surface area contributed by atoms with Crippen LogP contribution >= 0.6 is 0 Å². The quantitative estimate of drug-likeness (QED) is 0.414. The summed E-state index contributed by atoms with van der Waals surface area (Å²) in [6.07, 6.45) is 0. The third kappa shape index (κ3) is 2.95. The molecule has 0 aliphatic rings. The molecule has 2 aromatic carbocycles. The first-order chi connectivity index (χ1) is 12.5. The minimum absolute atomic E-state index is 0.0801. The van der Waals surface area contributed by atoms with Crippen LogP contribution in [0.15, 0.2) is 54.6 Å². The number of fused-ring (bicyclic) bond motifs is 2. The zero-order valence-corrected chi connectivity index (χ0v) is 16.6. The van der Waals surface area contributed by atoms with Crippen LogP contribution in [0.3, 0.4) is 0 Å². The Balaban J connectivity index is 1.97. The lowest BCUT2D eigenvalue weighted by atomic mass is 10.1. The van der Waals surface area contributed by atoms with Crippen LogP contribution in [0.5, 0.6) is 0 Å². The molecule has 0 bridgehead atoms. The van der Waals surface area contributed by atoms with Gasteiger partial charge in [-0.2, -0.15) is 0 Å². The number of carbonyl (C=O) groups excluding carboxylic acids is 1. The number of nitrogens with zero attached hydrogens (tertiary/aromatic N) is 3. The van der Waals surface area contributed by atoms with Gasteiger partial charge in [0.25, 0.3) is 0 Å². The van der Waals surface area contributed by atoms with Crippen molar-refractivity contribution >= 4 is 42.8 Å². The summed E-state index contributed by atoms with van der Waals surface area (Å²) in [6, 6.07) is 18.0. The van der Waals surface area contributed by atoms with E-state index in [9.17, 15) is 4.79 Å². The van der Waals surface area contributed by atoms with E-state index in [1.165, 1.54) is 5.32 Å². The van der Waals surface area contributed by atoms with Crippen molar-refractivity contribution in [3.63, 3.8) is 0 Å². The highest BCUT2D eigenvalue weighted by molar-refractivity contribution is 6.54. The Labute approximate surface area is 154 Å². The average molecular weight is 360 g/mol. The normalized spacial score (nSPS) is 12.0. The Morgan fingerprint density at radius 3 is 2.23 bits per heavy atom. The Morgan fingerprint density at radius 1 is 0.962 bits per heavy atom. The molecule has 0 radical (unpaired) electrons. The molecule has 0 aliphatic heterocycles. The second-order valence-corrected chi connectivity index (χ2v) is 9.86. The Bertz CT molecular complexity index is 1110. The van der Waals surface area contributed by atoms with E-state index in [0.717, 1.165) is 33.4 Å². The van der Waals surface area contributed by atoms with E-state index in [2.05, 4.69) is 24.5 Å². The fourth-order valence-electron chi connectivity index (χ4n) is 3.33. The molecule has 0 spiro atoms. The molecule has 5 heteroatoms. The van der Waals surface area contributed by atoms with Crippen LogP contribution in [0, 0.1) is 0 Å². The summed E-state index contributed by atoms with van der Waals surface area (Å²) in [7, 11) is -0.475. The van der Waals surface area contributed by atoms with Crippen LogP contribution in [0.2, 0.25) is 5.54 Å². The SMILES string of the molecule is CC(=O)c1ccc(-n2c([SiH2]C(C)C)cc3nc4ccccc4nc32)cc1. The van der Waals surface area contributed by atoms with Gasteiger partial charge in [-0.15, -0.1) is 0 Å². The standard InChI is InChI=1S/C21H21N3OSi/c1-13(2)26-20-12-19-21(23-18-7-5-4-6-17(18)22-19)24(20)16-10-8-15(9-11-16)14(3)25/h4-13H,26H2,1-3H3. The Hall–Kier alpha value is -2.79.